The lowest BCUT2D eigenvalue weighted by atomic mass is 9.94. The van der Waals surface area contributed by atoms with E-state index in [-0.39, 0.29) is 16.7 Å². The van der Waals surface area contributed by atoms with Gasteiger partial charge in [0.25, 0.3) is 0 Å². The molecule has 2 heterocycles. The van der Waals surface area contributed by atoms with Gasteiger partial charge in [0.2, 0.25) is 0 Å². The second-order valence-electron chi connectivity index (χ2n) is 8.65. The smallest absolute Gasteiger partial charge is 0.341 e. The minimum Gasteiger partial charge on any atom is -0.465 e. The van der Waals surface area contributed by atoms with Crippen LogP contribution in [0.2, 0.25) is 0 Å². The van der Waals surface area contributed by atoms with Gasteiger partial charge < -0.3 is 15.4 Å². The fourth-order valence-corrected chi connectivity index (χ4v) is 3.44. The molecule has 3 rings (SSSR count). The fraction of sp³-hybridized carbons (Fsp3) is 0.250. The van der Waals surface area contributed by atoms with Gasteiger partial charge >= 0.3 is 5.97 Å². The second kappa shape index (κ2) is 12.1. The number of methoxy groups -OCH3 is 1. The van der Waals surface area contributed by atoms with E-state index >= 15 is 8.78 Å². The lowest BCUT2D eigenvalue weighted by molar-refractivity contribution is 0.0596. The minimum absolute atomic E-state index is 0.0898. The molecule has 0 aliphatic rings. The summed E-state index contributed by atoms with van der Waals surface area (Å²) in [4.78, 5) is 21.1. The van der Waals surface area contributed by atoms with Gasteiger partial charge in [-0.1, -0.05) is 23.3 Å². The molecule has 36 heavy (non-hydrogen) atoms. The normalized spacial score (nSPS) is 10.4. The first-order valence-corrected chi connectivity index (χ1v) is 11.5. The molecule has 0 spiro atoms. The number of ether oxygens (including phenoxy) is 1. The number of hydrogen-bond donors (Lipinski definition) is 2. The number of anilines is 2. The molecule has 0 unspecified atom stereocenters. The molecular weight excluding hydrogens is 462 g/mol. The number of allylic oxidation sites excluding steroid dienone is 2. The molecule has 0 aliphatic heterocycles. The number of benzene rings is 1. The zero-order chi connectivity index (χ0) is 26.2. The van der Waals surface area contributed by atoms with Crippen molar-refractivity contribution in [1.29, 1.82) is 0 Å². The number of pyridine rings is 2. The summed E-state index contributed by atoms with van der Waals surface area (Å²) in [5, 5.41) is 6.25. The van der Waals surface area contributed by atoms with Crippen LogP contribution in [-0.2, 0) is 4.74 Å². The Morgan fingerprint density at radius 3 is 1.86 bits per heavy atom. The fourth-order valence-electron chi connectivity index (χ4n) is 3.44. The number of halogens is 2. The van der Waals surface area contributed by atoms with Gasteiger partial charge in [-0.05, 0) is 58.0 Å². The Labute approximate surface area is 210 Å². The van der Waals surface area contributed by atoms with E-state index in [1.54, 1.807) is 24.3 Å². The van der Waals surface area contributed by atoms with Gasteiger partial charge in [0.1, 0.15) is 28.8 Å². The van der Waals surface area contributed by atoms with Gasteiger partial charge in [0.05, 0.1) is 7.11 Å². The number of hydrogen-bond acceptors (Lipinski definition) is 6. The largest absolute Gasteiger partial charge is 0.465 e. The summed E-state index contributed by atoms with van der Waals surface area (Å²) in [6.07, 6.45) is 6.83. The predicted octanol–water partition coefficient (Wildman–Crippen LogP) is 6.63. The molecule has 0 saturated heterocycles. The van der Waals surface area contributed by atoms with Crippen molar-refractivity contribution >= 4 is 17.6 Å². The summed E-state index contributed by atoms with van der Waals surface area (Å²) in [5.74, 6) is -1.49. The van der Waals surface area contributed by atoms with Crippen LogP contribution in [0.5, 0.6) is 0 Å². The molecule has 8 heteroatoms. The van der Waals surface area contributed by atoms with Crippen LogP contribution in [0.25, 0.3) is 22.3 Å². The number of carbonyl (C=O) groups is 1. The molecule has 188 valence electrons. The summed E-state index contributed by atoms with van der Waals surface area (Å²) >= 11 is 0. The third-order valence-electron chi connectivity index (χ3n) is 5.32. The van der Waals surface area contributed by atoms with Crippen molar-refractivity contribution in [2.24, 2.45) is 0 Å². The quantitative estimate of drug-likeness (QED) is 0.258. The van der Waals surface area contributed by atoms with Gasteiger partial charge in [-0.2, -0.15) is 0 Å². The van der Waals surface area contributed by atoms with Gasteiger partial charge in [-0.3, -0.25) is 0 Å². The van der Waals surface area contributed by atoms with Crippen molar-refractivity contribution in [3.8, 4) is 22.3 Å². The number of nitrogens with one attached hydrogen (secondary N) is 2. The molecule has 0 amide bonds. The van der Waals surface area contributed by atoms with Crippen LogP contribution in [0.4, 0.5) is 20.4 Å². The van der Waals surface area contributed by atoms with E-state index in [9.17, 15) is 4.79 Å². The van der Waals surface area contributed by atoms with E-state index in [4.69, 9.17) is 4.74 Å². The summed E-state index contributed by atoms with van der Waals surface area (Å²) in [7, 11) is 1.12. The molecule has 2 N–H and O–H groups in total. The highest BCUT2D eigenvalue weighted by molar-refractivity contribution is 5.99. The van der Waals surface area contributed by atoms with Crippen LogP contribution in [-0.4, -0.2) is 36.1 Å². The first-order chi connectivity index (χ1) is 17.2. The predicted molar refractivity (Wildman–Crippen MR) is 140 cm³/mol. The summed E-state index contributed by atoms with van der Waals surface area (Å²) in [6.45, 7) is 9.13. The van der Waals surface area contributed by atoms with E-state index in [2.05, 4.69) is 20.6 Å². The van der Waals surface area contributed by atoms with Crippen molar-refractivity contribution in [1.82, 2.24) is 9.97 Å². The van der Waals surface area contributed by atoms with E-state index < -0.39 is 23.2 Å². The van der Waals surface area contributed by atoms with Gasteiger partial charge in [-0.15, -0.1) is 0 Å². The molecular formula is C28H30F2N4O2. The van der Waals surface area contributed by atoms with E-state index in [0.29, 0.717) is 30.3 Å². The van der Waals surface area contributed by atoms with Gasteiger partial charge in [0.15, 0.2) is 0 Å². The van der Waals surface area contributed by atoms with Crippen molar-refractivity contribution in [3.05, 3.63) is 83.2 Å². The summed E-state index contributed by atoms with van der Waals surface area (Å²) < 4.78 is 35.9. The van der Waals surface area contributed by atoms with Gasteiger partial charge in [0, 0.05) is 47.7 Å². The number of aromatic nitrogens is 2. The van der Waals surface area contributed by atoms with E-state index in [1.807, 2.05) is 39.8 Å². The Balaban J connectivity index is 1.97. The highest BCUT2D eigenvalue weighted by Gasteiger charge is 2.26. The van der Waals surface area contributed by atoms with Crippen molar-refractivity contribution in [2.75, 3.05) is 30.8 Å². The maximum atomic E-state index is 15.7. The van der Waals surface area contributed by atoms with Crippen LogP contribution in [0.15, 0.2) is 66.0 Å². The highest BCUT2D eigenvalue weighted by atomic mass is 19.1. The molecule has 0 saturated carbocycles. The Hall–Kier alpha value is -4.07. The zero-order valence-corrected chi connectivity index (χ0v) is 21.1. The van der Waals surface area contributed by atoms with E-state index in [0.717, 1.165) is 24.3 Å². The molecule has 3 aromatic rings. The molecule has 0 aliphatic carbocycles. The van der Waals surface area contributed by atoms with Gasteiger partial charge in [-0.25, -0.2) is 23.5 Å². The SMILES string of the molecule is COC(=O)c1c(F)c(-c2ccc(NCC=C(C)C)nc2)cc(F)c1-c1ccc(NCC=C(C)C)nc1. The van der Waals surface area contributed by atoms with Crippen LogP contribution in [0.1, 0.15) is 38.1 Å². The molecule has 2 aromatic heterocycles. The maximum Gasteiger partial charge on any atom is 0.341 e. The Morgan fingerprint density at radius 2 is 1.42 bits per heavy atom. The summed E-state index contributed by atoms with van der Waals surface area (Å²) in [6, 6.07) is 7.57. The Kier molecular flexibility index (Phi) is 8.89. The minimum atomic E-state index is -0.984. The third-order valence-corrected chi connectivity index (χ3v) is 5.32. The van der Waals surface area contributed by atoms with E-state index in [1.165, 1.54) is 12.4 Å². The third kappa shape index (κ3) is 6.53. The lowest BCUT2D eigenvalue weighted by Gasteiger charge is -2.15. The van der Waals surface area contributed by atoms with Crippen LogP contribution < -0.4 is 10.6 Å². The first-order valence-electron chi connectivity index (χ1n) is 11.5. The van der Waals surface area contributed by atoms with Crippen molar-refractivity contribution in [3.63, 3.8) is 0 Å². The van der Waals surface area contributed by atoms with Crippen molar-refractivity contribution < 1.29 is 18.3 Å². The molecule has 6 nitrogen and oxygen atoms in total. The number of carbonyl (C=O) groups excluding carboxylic acids is 1. The average Bonchev–Trinajstić information content (AvgIpc) is 2.85. The zero-order valence-electron chi connectivity index (χ0n) is 21.1. The Morgan fingerprint density at radius 1 is 0.889 bits per heavy atom. The Bertz CT molecular complexity index is 1280. The number of rotatable bonds is 9. The molecule has 1 aromatic carbocycles. The molecule has 0 radical (unpaired) electrons. The van der Waals surface area contributed by atoms with Crippen LogP contribution in [0, 0.1) is 11.6 Å². The lowest BCUT2D eigenvalue weighted by Crippen LogP contribution is -2.10. The maximum absolute atomic E-state index is 15.7. The second-order valence-corrected chi connectivity index (χ2v) is 8.65. The number of nitrogens with zero attached hydrogens (tertiary/aromatic N) is 2. The monoisotopic (exact) mass is 492 g/mol. The highest BCUT2D eigenvalue weighted by Crippen LogP contribution is 2.35. The molecule has 0 atom stereocenters. The molecule has 0 fully saturated rings. The standard InChI is InChI=1S/C28H30F2N4O2/c1-17(2)10-12-31-23-8-6-19(15-33-23)21-14-22(29)25(26(27(21)30)28(35)36-5)20-7-9-24(34-16-20)32-13-11-18(3)4/h6-11,14-16H,12-13H2,1-5H3,(H,31,33)(H,32,34). The average molecular weight is 493 g/mol. The van der Waals surface area contributed by atoms with Crippen molar-refractivity contribution in [2.45, 2.75) is 27.7 Å². The van der Waals surface area contributed by atoms with Crippen LogP contribution >= 0.6 is 0 Å². The summed E-state index contributed by atoms with van der Waals surface area (Å²) in [5.41, 5.74) is 2.11. The molecule has 0 bridgehead atoms. The topological polar surface area (TPSA) is 76.1 Å². The number of esters is 1. The van der Waals surface area contributed by atoms with Crippen LogP contribution in [0.3, 0.4) is 0 Å². The first kappa shape index (κ1) is 26.5.